The Morgan fingerprint density at radius 1 is 1.80 bits per heavy atom. The highest BCUT2D eigenvalue weighted by atomic mass is 16.5. The standard InChI is InChI=1S/C7H13NO2/c1-2-7(9)6-5-10-4-3-8-6/h6,8H,2-5H2,1H3/t6-/m0/s1. The van der Waals surface area contributed by atoms with Crippen LogP contribution in [0.4, 0.5) is 0 Å². The van der Waals surface area contributed by atoms with Gasteiger partial charge in [0, 0.05) is 13.0 Å². The first kappa shape index (κ1) is 7.69. The van der Waals surface area contributed by atoms with Gasteiger partial charge in [-0.3, -0.25) is 4.79 Å². The van der Waals surface area contributed by atoms with E-state index in [1.807, 2.05) is 6.92 Å². The Morgan fingerprint density at radius 3 is 3.10 bits per heavy atom. The average Bonchev–Trinajstić information content (AvgIpc) is 2.05. The predicted molar refractivity (Wildman–Crippen MR) is 37.9 cm³/mol. The number of morpholine rings is 1. The molecule has 1 aliphatic rings. The number of ketones is 1. The summed E-state index contributed by atoms with van der Waals surface area (Å²) in [4.78, 5) is 11.0. The molecule has 0 spiro atoms. The van der Waals surface area contributed by atoms with Gasteiger partial charge in [-0.05, 0) is 0 Å². The van der Waals surface area contributed by atoms with Crippen LogP contribution in [0.15, 0.2) is 0 Å². The van der Waals surface area contributed by atoms with Crippen molar-refractivity contribution >= 4 is 5.78 Å². The second-order valence-corrected chi connectivity index (χ2v) is 2.40. The molecule has 0 aliphatic carbocycles. The van der Waals surface area contributed by atoms with Crippen LogP contribution in [0.1, 0.15) is 13.3 Å². The summed E-state index contributed by atoms with van der Waals surface area (Å²) in [5.74, 6) is 0.250. The van der Waals surface area contributed by atoms with Crippen LogP contribution >= 0.6 is 0 Å². The molecule has 3 nitrogen and oxygen atoms in total. The van der Waals surface area contributed by atoms with E-state index in [0.29, 0.717) is 13.0 Å². The minimum absolute atomic E-state index is 0.0428. The third kappa shape index (κ3) is 1.78. The van der Waals surface area contributed by atoms with Gasteiger partial charge in [-0.1, -0.05) is 6.92 Å². The highest BCUT2D eigenvalue weighted by Crippen LogP contribution is 1.96. The molecule has 3 heteroatoms. The number of carbonyl (C=O) groups is 1. The summed E-state index contributed by atoms with van der Waals surface area (Å²) in [6.45, 7) is 3.95. The molecule has 0 amide bonds. The molecule has 1 atom stereocenters. The number of carbonyl (C=O) groups excluding carboxylic acids is 1. The molecule has 1 fully saturated rings. The number of rotatable bonds is 2. The van der Waals surface area contributed by atoms with E-state index in [2.05, 4.69) is 5.32 Å². The van der Waals surface area contributed by atoms with Crippen LogP contribution in [-0.2, 0) is 9.53 Å². The van der Waals surface area contributed by atoms with Crippen LogP contribution in [0.5, 0.6) is 0 Å². The van der Waals surface area contributed by atoms with Crippen molar-refractivity contribution in [1.29, 1.82) is 0 Å². The van der Waals surface area contributed by atoms with E-state index in [1.165, 1.54) is 0 Å². The first-order valence-corrected chi connectivity index (χ1v) is 3.68. The van der Waals surface area contributed by atoms with Crippen molar-refractivity contribution in [3.05, 3.63) is 0 Å². The van der Waals surface area contributed by atoms with E-state index in [1.54, 1.807) is 0 Å². The molecule has 58 valence electrons. The lowest BCUT2D eigenvalue weighted by molar-refractivity contribution is -0.123. The van der Waals surface area contributed by atoms with Crippen LogP contribution in [0.25, 0.3) is 0 Å². The van der Waals surface area contributed by atoms with Gasteiger partial charge in [0.1, 0.15) is 0 Å². The smallest absolute Gasteiger partial charge is 0.151 e. The quantitative estimate of drug-likeness (QED) is 0.589. The normalized spacial score (nSPS) is 26.3. The molecular weight excluding hydrogens is 130 g/mol. The molecule has 0 aromatic rings. The molecule has 1 N–H and O–H groups in total. The van der Waals surface area contributed by atoms with E-state index in [4.69, 9.17) is 4.74 Å². The highest BCUT2D eigenvalue weighted by molar-refractivity contribution is 5.83. The molecule has 0 aromatic carbocycles. The van der Waals surface area contributed by atoms with E-state index in [-0.39, 0.29) is 11.8 Å². The Bertz CT molecular complexity index is 119. The maximum absolute atomic E-state index is 11.0. The maximum atomic E-state index is 11.0. The predicted octanol–water partition coefficient (Wildman–Crippen LogP) is -0.0461. The van der Waals surface area contributed by atoms with Crippen LogP contribution < -0.4 is 5.32 Å². The van der Waals surface area contributed by atoms with Crippen molar-refractivity contribution in [3.63, 3.8) is 0 Å². The van der Waals surface area contributed by atoms with Crippen LogP contribution in [-0.4, -0.2) is 31.6 Å². The van der Waals surface area contributed by atoms with Gasteiger partial charge < -0.3 is 10.1 Å². The third-order valence-corrected chi connectivity index (χ3v) is 1.66. The zero-order valence-corrected chi connectivity index (χ0v) is 6.22. The van der Waals surface area contributed by atoms with Gasteiger partial charge in [0.15, 0.2) is 5.78 Å². The van der Waals surface area contributed by atoms with Gasteiger partial charge in [0.05, 0.1) is 19.3 Å². The lowest BCUT2D eigenvalue weighted by Gasteiger charge is -2.21. The van der Waals surface area contributed by atoms with Gasteiger partial charge in [-0.25, -0.2) is 0 Å². The van der Waals surface area contributed by atoms with Crippen molar-refractivity contribution < 1.29 is 9.53 Å². The second kappa shape index (κ2) is 3.68. The van der Waals surface area contributed by atoms with Gasteiger partial charge >= 0.3 is 0 Å². The van der Waals surface area contributed by atoms with Gasteiger partial charge in [0.2, 0.25) is 0 Å². The number of hydrogen-bond donors (Lipinski definition) is 1. The Hall–Kier alpha value is -0.410. The topological polar surface area (TPSA) is 38.3 Å². The van der Waals surface area contributed by atoms with E-state index in [0.717, 1.165) is 13.2 Å². The van der Waals surface area contributed by atoms with Crippen LogP contribution in [0, 0.1) is 0 Å². The number of nitrogens with one attached hydrogen (secondary N) is 1. The molecule has 0 saturated carbocycles. The Kier molecular flexibility index (Phi) is 2.83. The fourth-order valence-corrected chi connectivity index (χ4v) is 1.02. The second-order valence-electron chi connectivity index (χ2n) is 2.40. The average molecular weight is 143 g/mol. The Morgan fingerprint density at radius 2 is 2.60 bits per heavy atom. The highest BCUT2D eigenvalue weighted by Gasteiger charge is 2.18. The van der Waals surface area contributed by atoms with E-state index >= 15 is 0 Å². The fourth-order valence-electron chi connectivity index (χ4n) is 1.02. The fraction of sp³-hybridized carbons (Fsp3) is 0.857. The monoisotopic (exact) mass is 143 g/mol. The summed E-state index contributed by atoms with van der Waals surface area (Å²) in [6, 6.07) is -0.0428. The first-order valence-electron chi connectivity index (χ1n) is 3.68. The third-order valence-electron chi connectivity index (χ3n) is 1.66. The summed E-state index contributed by atoms with van der Waals surface area (Å²) in [7, 11) is 0. The van der Waals surface area contributed by atoms with Gasteiger partial charge in [-0.2, -0.15) is 0 Å². The summed E-state index contributed by atoms with van der Waals surface area (Å²) in [5.41, 5.74) is 0. The van der Waals surface area contributed by atoms with Gasteiger partial charge in [0.25, 0.3) is 0 Å². The molecule has 0 unspecified atom stereocenters. The Labute approximate surface area is 60.7 Å². The lowest BCUT2D eigenvalue weighted by Crippen LogP contribution is -2.46. The van der Waals surface area contributed by atoms with Crippen LogP contribution in [0.3, 0.4) is 0 Å². The lowest BCUT2D eigenvalue weighted by atomic mass is 10.1. The van der Waals surface area contributed by atoms with Crippen LogP contribution in [0.2, 0.25) is 0 Å². The molecule has 0 aromatic heterocycles. The molecule has 1 saturated heterocycles. The minimum Gasteiger partial charge on any atom is -0.378 e. The number of Topliss-reactive ketones (excluding diaryl/α,β-unsaturated/α-hetero) is 1. The van der Waals surface area contributed by atoms with Crippen molar-refractivity contribution in [2.45, 2.75) is 19.4 Å². The molecule has 1 rings (SSSR count). The van der Waals surface area contributed by atoms with E-state index in [9.17, 15) is 4.79 Å². The summed E-state index contributed by atoms with van der Waals surface area (Å²) in [6.07, 6.45) is 0.598. The van der Waals surface area contributed by atoms with Crippen molar-refractivity contribution in [2.75, 3.05) is 19.8 Å². The van der Waals surface area contributed by atoms with Crippen molar-refractivity contribution in [1.82, 2.24) is 5.32 Å². The molecule has 1 aliphatic heterocycles. The summed E-state index contributed by atoms with van der Waals surface area (Å²) >= 11 is 0. The molecular formula is C7H13NO2. The maximum Gasteiger partial charge on any atom is 0.151 e. The number of hydrogen-bond acceptors (Lipinski definition) is 3. The van der Waals surface area contributed by atoms with E-state index < -0.39 is 0 Å². The molecule has 0 radical (unpaired) electrons. The first-order chi connectivity index (χ1) is 4.84. The summed E-state index contributed by atoms with van der Waals surface area (Å²) < 4.78 is 5.12. The zero-order chi connectivity index (χ0) is 7.40. The summed E-state index contributed by atoms with van der Waals surface area (Å²) in [5, 5.41) is 3.10. The molecule has 1 heterocycles. The Balaban J connectivity index is 2.31. The number of ether oxygens (including phenoxy) is 1. The molecule has 10 heavy (non-hydrogen) atoms. The van der Waals surface area contributed by atoms with Crippen molar-refractivity contribution in [2.24, 2.45) is 0 Å². The van der Waals surface area contributed by atoms with Crippen molar-refractivity contribution in [3.8, 4) is 0 Å². The van der Waals surface area contributed by atoms with Gasteiger partial charge in [-0.15, -0.1) is 0 Å². The SMILES string of the molecule is CCC(=O)[C@@H]1COCCN1. The minimum atomic E-state index is -0.0428. The zero-order valence-electron chi connectivity index (χ0n) is 6.22. The molecule has 0 bridgehead atoms. The largest absolute Gasteiger partial charge is 0.378 e.